The first-order chi connectivity index (χ1) is 42.7. The molecular weight excluding hydrogens is 1220 g/mol. The summed E-state index contributed by atoms with van der Waals surface area (Å²) in [5.41, 5.74) is -3.75. The molecule has 5 heterocycles. The zero-order valence-electron chi connectivity index (χ0n) is 51.8. The molecule has 0 amide bonds. The van der Waals surface area contributed by atoms with Crippen molar-refractivity contribution >= 4 is 11.9 Å². The summed E-state index contributed by atoms with van der Waals surface area (Å²) in [6.45, 7) is 8.19. The largest absolute Gasteiger partial charge is 0.432 e. The zero-order chi connectivity index (χ0) is 66.6. The molecule has 34 unspecified atom stereocenters. The highest BCUT2D eigenvalue weighted by molar-refractivity contribution is 5.79. The molecule has 5 aliphatic heterocycles. The summed E-state index contributed by atoms with van der Waals surface area (Å²) < 4.78 is 52.7. The predicted molar refractivity (Wildman–Crippen MR) is 298 cm³/mol. The lowest BCUT2D eigenvalue weighted by atomic mass is 9.33. The van der Waals surface area contributed by atoms with Crippen LogP contribution in [0.2, 0.25) is 0 Å². The van der Waals surface area contributed by atoms with Gasteiger partial charge in [-0.2, -0.15) is 0 Å². The van der Waals surface area contributed by atoms with Crippen molar-refractivity contribution in [2.45, 2.75) is 265 Å². The van der Waals surface area contributed by atoms with E-state index in [1.807, 2.05) is 0 Å². The highest BCUT2D eigenvalue weighted by Crippen LogP contribution is 2.76. The lowest BCUT2D eigenvalue weighted by Crippen LogP contribution is -2.67. The van der Waals surface area contributed by atoms with Gasteiger partial charge < -0.3 is 135 Å². The molecule has 5 aliphatic carbocycles. The van der Waals surface area contributed by atoms with Crippen molar-refractivity contribution in [2.75, 3.05) is 33.0 Å². The van der Waals surface area contributed by atoms with Crippen LogP contribution in [0.1, 0.15) is 106 Å². The van der Waals surface area contributed by atoms with Crippen molar-refractivity contribution < 1.29 is 154 Å². The molecule has 0 spiro atoms. The first-order valence-electron chi connectivity index (χ1n) is 31.7. The van der Waals surface area contributed by atoms with Crippen molar-refractivity contribution in [3.63, 3.8) is 0 Å². The van der Waals surface area contributed by atoms with Crippen LogP contribution in [0.15, 0.2) is 11.6 Å². The van der Waals surface area contributed by atoms with E-state index in [9.17, 15) is 96.7 Å². The molecule has 5 saturated heterocycles. The van der Waals surface area contributed by atoms with Crippen LogP contribution in [-0.4, -0.2) is 297 Å². The maximum atomic E-state index is 15.7. The fraction of sp³-hybridized carbons (Fsp3) is 0.933. The van der Waals surface area contributed by atoms with Crippen LogP contribution >= 0.6 is 0 Å². The molecule has 31 nitrogen and oxygen atoms in total. The third kappa shape index (κ3) is 12.1. The summed E-state index contributed by atoms with van der Waals surface area (Å²) in [5.74, 6) is -2.74. The van der Waals surface area contributed by atoms with Crippen LogP contribution in [-0.2, 0) is 62.0 Å². The average Bonchev–Trinajstić information content (AvgIpc) is 0.676. The number of fused-ring (bicyclic) bond motifs is 7. The van der Waals surface area contributed by atoms with Crippen molar-refractivity contribution in [2.24, 2.45) is 50.2 Å². The number of esters is 1. The monoisotopic (exact) mass is 1310 g/mol. The number of aliphatic hydroxyl groups is 18. The number of hydrogen-bond acceptors (Lipinski definition) is 31. The van der Waals surface area contributed by atoms with Gasteiger partial charge in [-0.1, -0.05) is 46.3 Å². The second-order valence-corrected chi connectivity index (χ2v) is 28.9. The number of aliphatic hydroxyl groups excluding tert-OH is 18. The van der Waals surface area contributed by atoms with E-state index in [0.717, 1.165) is 5.57 Å². The molecule has 0 aromatic carbocycles. The molecule has 4 saturated carbocycles. The molecule has 0 aromatic heterocycles. The normalized spacial score (nSPS) is 53.1. The molecule has 34 atom stereocenters. The molecule has 0 bridgehead atoms. The minimum absolute atomic E-state index is 0.0945. The van der Waals surface area contributed by atoms with Crippen molar-refractivity contribution in [3.05, 3.63) is 11.6 Å². The van der Waals surface area contributed by atoms with Gasteiger partial charge in [-0.3, -0.25) is 9.68 Å². The predicted octanol–water partition coefficient (Wildman–Crippen LogP) is -5.78. The van der Waals surface area contributed by atoms with E-state index in [1.165, 1.54) is 0 Å². The Bertz CT molecular complexity index is 2560. The van der Waals surface area contributed by atoms with E-state index in [2.05, 4.69) is 40.7 Å². The van der Waals surface area contributed by atoms with Crippen LogP contribution in [0.25, 0.3) is 0 Å². The number of hydrogen-bond donors (Lipinski definition) is 18. The van der Waals surface area contributed by atoms with Gasteiger partial charge in [0.1, 0.15) is 122 Å². The third-order valence-electron chi connectivity index (χ3n) is 23.6. The minimum atomic E-state index is -2.13. The highest BCUT2D eigenvalue weighted by Gasteiger charge is 2.72. The van der Waals surface area contributed by atoms with Gasteiger partial charge in [0.2, 0.25) is 12.6 Å². The van der Waals surface area contributed by atoms with Crippen LogP contribution in [0, 0.1) is 50.2 Å². The van der Waals surface area contributed by atoms with Crippen molar-refractivity contribution in [1.29, 1.82) is 0 Å². The van der Waals surface area contributed by atoms with E-state index in [-0.39, 0.29) is 24.2 Å². The van der Waals surface area contributed by atoms with Crippen molar-refractivity contribution in [3.8, 4) is 0 Å². The van der Waals surface area contributed by atoms with Gasteiger partial charge in [0.15, 0.2) is 18.9 Å². The number of rotatable bonds is 16. The summed E-state index contributed by atoms with van der Waals surface area (Å²) >= 11 is 0. The zero-order valence-corrected chi connectivity index (χ0v) is 51.8. The molecule has 0 radical (unpaired) electrons. The van der Waals surface area contributed by atoms with E-state index in [1.54, 1.807) is 6.92 Å². The smallest absolute Gasteiger partial charge is 0.351 e. The van der Waals surface area contributed by atoms with Gasteiger partial charge in [0, 0.05) is 0 Å². The van der Waals surface area contributed by atoms with Gasteiger partial charge in [-0.15, -0.1) is 4.89 Å². The topological polar surface area (TPSA) is 500 Å². The van der Waals surface area contributed by atoms with Gasteiger partial charge in [-0.25, -0.2) is 4.79 Å². The molecule has 10 aliphatic rings. The summed E-state index contributed by atoms with van der Waals surface area (Å²) in [4.78, 5) is 40.8. The highest BCUT2D eigenvalue weighted by atomic mass is 17.2. The number of ether oxygens (including phenoxy) is 9. The van der Waals surface area contributed by atoms with Crippen LogP contribution in [0.3, 0.4) is 0 Å². The second-order valence-electron chi connectivity index (χ2n) is 28.9. The average molecular weight is 1310 g/mol. The number of allylic oxidation sites excluding steroid dienone is 2. The Balaban J connectivity index is 0.919. The molecule has 0 aromatic rings. The second kappa shape index (κ2) is 26.8. The Hall–Kier alpha value is -2.40. The minimum Gasteiger partial charge on any atom is -0.432 e. The van der Waals surface area contributed by atoms with Crippen LogP contribution in [0.4, 0.5) is 0 Å². The van der Waals surface area contributed by atoms with Crippen LogP contribution < -0.4 is 0 Å². The van der Waals surface area contributed by atoms with E-state index in [4.69, 9.17) is 52.4 Å². The fourth-order valence-corrected chi connectivity index (χ4v) is 17.6. The standard InChI is InChI=1S/C60H96O31/c1-55(2)13-15-60(16-14-57(4)23(24(60)17-55)7-8-30-56(3)11-10-32(65)59(6,31(56)9-12-58(30,57)5)53(79)91-90-51-44(77)40(73)35(68)27(20-63)84-51)54(80)89-50-45(78)46(87-48-42(75)38(71)33(66)25(18-61)82-48)37(70)29(86-50)22-81-52-47(41(74)36(69)28(21-64)85-52)88-49-43(76)39(72)34(67)26(19-62)83-49/h7,24-52,61-78H,8-22H2,1-6H3. The number of carbonyl (C=O) groups excluding carboxylic acids is 2. The molecule has 10 rings (SSSR count). The van der Waals surface area contributed by atoms with Gasteiger partial charge in [0.05, 0.1) is 50.0 Å². The van der Waals surface area contributed by atoms with E-state index < -0.39 is 244 Å². The maximum Gasteiger partial charge on any atom is 0.351 e. The third-order valence-corrected chi connectivity index (χ3v) is 23.6. The van der Waals surface area contributed by atoms with E-state index in [0.29, 0.717) is 51.4 Å². The molecule has 91 heavy (non-hydrogen) atoms. The lowest BCUT2D eigenvalue weighted by molar-refractivity contribution is -0.410. The van der Waals surface area contributed by atoms with Crippen LogP contribution in [0.5, 0.6) is 0 Å². The fourth-order valence-electron chi connectivity index (χ4n) is 17.6. The van der Waals surface area contributed by atoms with Crippen molar-refractivity contribution in [1.82, 2.24) is 0 Å². The molecular formula is C60H96O31. The van der Waals surface area contributed by atoms with Gasteiger partial charge in [0.25, 0.3) is 0 Å². The Morgan fingerprint density at radius 3 is 1.54 bits per heavy atom. The summed E-state index contributed by atoms with van der Waals surface area (Å²) in [6.07, 6.45) is -40.8. The number of carbonyl (C=O) groups is 2. The molecule has 9 fully saturated rings. The Morgan fingerprint density at radius 1 is 0.484 bits per heavy atom. The summed E-state index contributed by atoms with van der Waals surface area (Å²) in [6, 6.07) is 0. The first kappa shape index (κ1) is 71.4. The quantitative estimate of drug-likeness (QED) is 0.0296. The Labute approximate surface area is 524 Å². The Morgan fingerprint density at radius 2 is 0.978 bits per heavy atom. The molecule has 31 heteroatoms. The first-order valence-corrected chi connectivity index (χ1v) is 31.7. The molecule has 18 N–H and O–H groups in total. The SMILES string of the molecule is CC1(C)CCC2(C(=O)OC3OC(COC4OC(CO)C(O)C(O)C4OC4OC(CO)C(O)C(O)C4O)C(O)C(OC4OC(CO)C(O)C(O)C4O)C3O)CCC3(C)C(=CCC4C5(C)CCC(O)C(C)(C(=O)OOC6OC(CO)C(O)C(O)C6O)C5CCC43C)C2C1. The summed E-state index contributed by atoms with van der Waals surface area (Å²) in [7, 11) is 0. The Kier molecular flexibility index (Phi) is 21.0. The van der Waals surface area contributed by atoms with Gasteiger partial charge in [-0.05, 0) is 111 Å². The maximum absolute atomic E-state index is 15.7. The van der Waals surface area contributed by atoms with E-state index >= 15 is 4.79 Å². The lowest BCUT2D eigenvalue weighted by Gasteiger charge is -2.71. The molecule has 522 valence electrons. The summed E-state index contributed by atoms with van der Waals surface area (Å²) in [5, 5.41) is 194. The van der Waals surface area contributed by atoms with Gasteiger partial charge >= 0.3 is 11.9 Å².